The summed E-state index contributed by atoms with van der Waals surface area (Å²) in [5, 5.41) is 2.94. The van der Waals surface area contributed by atoms with Gasteiger partial charge in [0, 0.05) is 22.1 Å². The largest absolute Gasteiger partial charge is 0.318 e. The number of benzene rings is 2. The summed E-state index contributed by atoms with van der Waals surface area (Å²) in [6, 6.07) is 15.0. The van der Waals surface area contributed by atoms with Crippen LogP contribution in [-0.2, 0) is 9.59 Å². The number of aryl methyl sites for hydroxylation is 1. The molecule has 2 amide bonds. The number of amides is 2. The van der Waals surface area contributed by atoms with Crippen molar-refractivity contribution in [2.24, 2.45) is 0 Å². The number of aromatic nitrogens is 1. The molecular weight excluding hydrogens is 437 g/mol. The zero-order valence-electron chi connectivity index (χ0n) is 16.6. The van der Waals surface area contributed by atoms with Crippen LogP contribution in [0.25, 0.3) is 11.8 Å². The first-order valence-electron chi connectivity index (χ1n) is 9.39. The van der Waals surface area contributed by atoms with Crippen molar-refractivity contribution in [1.29, 1.82) is 0 Å². The van der Waals surface area contributed by atoms with Gasteiger partial charge < -0.3 is 4.57 Å². The summed E-state index contributed by atoms with van der Waals surface area (Å²) in [6.45, 7) is 3.81. The second-order valence-electron chi connectivity index (χ2n) is 7.05. The Hall–Kier alpha value is -3.29. The van der Waals surface area contributed by atoms with Crippen LogP contribution >= 0.6 is 23.8 Å². The summed E-state index contributed by atoms with van der Waals surface area (Å²) in [5.41, 5.74) is 3.18. The van der Waals surface area contributed by atoms with Gasteiger partial charge in [-0.25, -0.2) is 9.29 Å². The van der Waals surface area contributed by atoms with E-state index < -0.39 is 17.6 Å². The monoisotopic (exact) mass is 453 g/mol. The highest BCUT2D eigenvalue weighted by atomic mass is 35.5. The van der Waals surface area contributed by atoms with Gasteiger partial charge in [-0.1, -0.05) is 23.7 Å². The second-order valence-corrected chi connectivity index (χ2v) is 7.87. The van der Waals surface area contributed by atoms with Gasteiger partial charge in [-0.15, -0.1) is 0 Å². The Labute approximate surface area is 188 Å². The quantitative estimate of drug-likeness (QED) is 0.355. The van der Waals surface area contributed by atoms with Crippen molar-refractivity contribution >= 4 is 52.5 Å². The first kappa shape index (κ1) is 21.0. The van der Waals surface area contributed by atoms with E-state index >= 15 is 0 Å². The molecule has 0 radical (unpaired) electrons. The molecular formula is C23H17ClFN3O2S. The molecule has 2 heterocycles. The van der Waals surface area contributed by atoms with E-state index in [-0.39, 0.29) is 16.4 Å². The summed E-state index contributed by atoms with van der Waals surface area (Å²) in [4.78, 5) is 26.7. The van der Waals surface area contributed by atoms with Crippen LogP contribution in [0.3, 0.4) is 0 Å². The van der Waals surface area contributed by atoms with Crippen molar-refractivity contribution in [2.75, 3.05) is 4.90 Å². The average Bonchev–Trinajstić information content (AvgIpc) is 3.00. The van der Waals surface area contributed by atoms with Crippen LogP contribution in [0.5, 0.6) is 0 Å². The van der Waals surface area contributed by atoms with Crippen LogP contribution in [-0.4, -0.2) is 21.5 Å². The Morgan fingerprint density at radius 2 is 1.74 bits per heavy atom. The lowest BCUT2D eigenvalue weighted by Gasteiger charge is -2.29. The Kier molecular flexibility index (Phi) is 5.47. The Morgan fingerprint density at radius 1 is 1.06 bits per heavy atom. The lowest BCUT2D eigenvalue weighted by atomic mass is 10.1. The summed E-state index contributed by atoms with van der Waals surface area (Å²) in [6.07, 6.45) is 1.50. The highest BCUT2D eigenvalue weighted by Gasteiger charge is 2.35. The molecule has 5 nitrogen and oxygen atoms in total. The highest BCUT2D eigenvalue weighted by molar-refractivity contribution is 7.80. The third-order valence-corrected chi connectivity index (χ3v) is 5.59. The van der Waals surface area contributed by atoms with E-state index in [2.05, 4.69) is 5.32 Å². The normalized spacial score (nSPS) is 15.5. The molecule has 31 heavy (non-hydrogen) atoms. The standard InChI is InChI=1S/C23H17ClFN3O2S/c1-13-11-15(14(2)27(13)17-9-7-16(24)8-10-17)12-18-21(29)26-23(31)28(22(18)30)20-6-4-3-5-19(20)25/h3-12H,1-2H3,(H,26,29,31)/b18-12+. The van der Waals surface area contributed by atoms with Gasteiger partial charge in [0.15, 0.2) is 5.11 Å². The molecule has 3 aromatic rings. The van der Waals surface area contributed by atoms with Gasteiger partial charge in [0.2, 0.25) is 0 Å². The lowest BCUT2D eigenvalue weighted by molar-refractivity contribution is -0.122. The van der Waals surface area contributed by atoms with Gasteiger partial charge in [-0.3, -0.25) is 14.9 Å². The van der Waals surface area contributed by atoms with Gasteiger partial charge in [0.25, 0.3) is 11.8 Å². The SMILES string of the molecule is Cc1cc(/C=C2\C(=O)NC(=S)N(c3ccccc3F)C2=O)c(C)n1-c1ccc(Cl)cc1. The maximum atomic E-state index is 14.3. The summed E-state index contributed by atoms with van der Waals surface area (Å²) in [7, 11) is 0. The smallest absolute Gasteiger partial charge is 0.270 e. The number of nitrogens with one attached hydrogen (secondary N) is 1. The van der Waals surface area contributed by atoms with E-state index in [1.54, 1.807) is 18.2 Å². The molecule has 4 rings (SSSR count). The number of halogens is 2. The van der Waals surface area contributed by atoms with Crippen LogP contribution in [0.2, 0.25) is 5.02 Å². The molecule has 1 saturated heterocycles. The molecule has 0 spiro atoms. The van der Waals surface area contributed by atoms with E-state index in [4.69, 9.17) is 23.8 Å². The lowest BCUT2D eigenvalue weighted by Crippen LogP contribution is -2.54. The van der Waals surface area contributed by atoms with Crippen LogP contribution in [0.4, 0.5) is 10.1 Å². The van der Waals surface area contributed by atoms with Gasteiger partial charge in [0.1, 0.15) is 11.4 Å². The third-order valence-electron chi connectivity index (χ3n) is 5.05. The fourth-order valence-electron chi connectivity index (χ4n) is 3.59. The van der Waals surface area contributed by atoms with Crippen molar-refractivity contribution in [3.8, 4) is 5.69 Å². The number of hydrogen-bond acceptors (Lipinski definition) is 3. The third kappa shape index (κ3) is 3.78. The van der Waals surface area contributed by atoms with E-state index in [9.17, 15) is 14.0 Å². The van der Waals surface area contributed by atoms with Crippen molar-refractivity contribution < 1.29 is 14.0 Å². The van der Waals surface area contributed by atoms with E-state index in [0.717, 1.165) is 22.0 Å². The van der Waals surface area contributed by atoms with Crippen LogP contribution < -0.4 is 10.2 Å². The van der Waals surface area contributed by atoms with Crippen molar-refractivity contribution in [1.82, 2.24) is 9.88 Å². The minimum absolute atomic E-state index is 0.0185. The summed E-state index contributed by atoms with van der Waals surface area (Å²) in [5.74, 6) is -1.93. The molecule has 1 aliphatic heterocycles. The van der Waals surface area contributed by atoms with Crippen LogP contribution in [0.1, 0.15) is 17.0 Å². The predicted octanol–water partition coefficient (Wildman–Crippen LogP) is 4.72. The minimum atomic E-state index is -0.685. The molecule has 1 aromatic heterocycles. The van der Waals surface area contributed by atoms with E-state index in [0.29, 0.717) is 10.6 Å². The highest BCUT2D eigenvalue weighted by Crippen LogP contribution is 2.27. The fraction of sp³-hybridized carbons (Fsp3) is 0.0870. The zero-order valence-corrected chi connectivity index (χ0v) is 18.2. The van der Waals surface area contributed by atoms with E-state index in [1.165, 1.54) is 24.3 Å². The summed E-state index contributed by atoms with van der Waals surface area (Å²) >= 11 is 11.1. The number of para-hydroxylation sites is 1. The number of nitrogens with zero attached hydrogens (tertiary/aromatic N) is 2. The number of carbonyl (C=O) groups excluding carboxylic acids is 2. The minimum Gasteiger partial charge on any atom is -0.318 e. The van der Waals surface area contributed by atoms with Gasteiger partial charge in [-0.05, 0) is 80.2 Å². The molecule has 1 aliphatic rings. The van der Waals surface area contributed by atoms with Crippen LogP contribution in [0.15, 0.2) is 60.2 Å². The molecule has 2 aromatic carbocycles. The average molecular weight is 454 g/mol. The van der Waals surface area contributed by atoms with Gasteiger partial charge in [0.05, 0.1) is 5.69 Å². The fourth-order valence-corrected chi connectivity index (χ4v) is 3.99. The number of carbonyl (C=O) groups is 2. The number of anilines is 1. The maximum Gasteiger partial charge on any atom is 0.270 e. The Morgan fingerprint density at radius 3 is 2.42 bits per heavy atom. The summed E-state index contributed by atoms with van der Waals surface area (Å²) < 4.78 is 16.3. The number of thiocarbonyl (C=S) groups is 1. The molecule has 0 bridgehead atoms. The molecule has 0 aliphatic carbocycles. The topological polar surface area (TPSA) is 54.3 Å². The Bertz CT molecular complexity index is 1260. The number of hydrogen-bond donors (Lipinski definition) is 1. The molecule has 156 valence electrons. The second kappa shape index (κ2) is 8.09. The van der Waals surface area contributed by atoms with Gasteiger partial charge in [-0.2, -0.15) is 0 Å². The number of rotatable bonds is 3. The van der Waals surface area contributed by atoms with Crippen molar-refractivity contribution in [3.63, 3.8) is 0 Å². The molecule has 8 heteroatoms. The zero-order chi connectivity index (χ0) is 22.3. The van der Waals surface area contributed by atoms with Gasteiger partial charge >= 0.3 is 0 Å². The van der Waals surface area contributed by atoms with Crippen molar-refractivity contribution in [2.45, 2.75) is 13.8 Å². The molecule has 0 saturated carbocycles. The van der Waals surface area contributed by atoms with E-state index in [1.807, 2.05) is 36.6 Å². The molecule has 0 unspecified atom stereocenters. The molecule has 1 fully saturated rings. The van der Waals surface area contributed by atoms with Crippen LogP contribution in [0, 0.1) is 19.7 Å². The first-order chi connectivity index (χ1) is 14.8. The Balaban J connectivity index is 1.77. The maximum absolute atomic E-state index is 14.3. The van der Waals surface area contributed by atoms with Crippen molar-refractivity contribution in [3.05, 3.63) is 88.0 Å². The molecule has 0 atom stereocenters. The predicted molar refractivity (Wildman–Crippen MR) is 123 cm³/mol. The first-order valence-corrected chi connectivity index (χ1v) is 10.2. The molecule has 1 N–H and O–H groups in total.